The first-order valence-corrected chi connectivity index (χ1v) is 14.9. The molecular formula is C38H32N5O+. The molecule has 0 aliphatic carbocycles. The van der Waals surface area contributed by atoms with E-state index in [1.807, 2.05) is 61.1 Å². The fourth-order valence-electron chi connectivity index (χ4n) is 5.77. The predicted molar refractivity (Wildman–Crippen MR) is 174 cm³/mol. The van der Waals surface area contributed by atoms with Gasteiger partial charge in [-0.1, -0.05) is 78.9 Å². The maximum atomic E-state index is 13.7. The molecule has 1 atom stereocenters. The molecule has 4 aromatic carbocycles. The molecule has 0 saturated heterocycles. The van der Waals surface area contributed by atoms with E-state index in [1.54, 1.807) is 4.57 Å². The van der Waals surface area contributed by atoms with Crippen LogP contribution in [0.4, 0.5) is 22.9 Å². The lowest BCUT2D eigenvalue weighted by Crippen LogP contribution is -2.44. The van der Waals surface area contributed by atoms with Gasteiger partial charge in [-0.3, -0.25) is 10.3 Å². The minimum Gasteiger partial charge on any atom is -0.311 e. The van der Waals surface area contributed by atoms with E-state index in [-0.39, 0.29) is 11.9 Å². The number of carbonyl (C=O) groups excluding carboxylic acids is 1. The van der Waals surface area contributed by atoms with E-state index in [0.29, 0.717) is 12.8 Å². The number of rotatable bonds is 9. The Kier molecular flexibility index (Phi) is 7.62. The molecule has 214 valence electrons. The molecule has 0 radical (unpaired) electrons. The molecule has 0 amide bonds. The van der Waals surface area contributed by atoms with Gasteiger partial charge in [-0.05, 0) is 66.1 Å². The zero-order valence-corrected chi connectivity index (χ0v) is 24.3. The first kappa shape index (κ1) is 27.2. The SMILES string of the molecule is O=C1C(Cc2ccccc2)Nc2c(CCc3ccncc3)nc(-c3ccc(N(c4ccccc4)c4ccccc4)cc3)c[n+]21. The molecule has 0 spiro atoms. The second kappa shape index (κ2) is 12.3. The van der Waals surface area contributed by atoms with Crippen molar-refractivity contribution in [3.63, 3.8) is 0 Å². The lowest BCUT2D eigenvalue weighted by molar-refractivity contribution is -0.552. The number of anilines is 4. The Morgan fingerprint density at radius 2 is 1.25 bits per heavy atom. The maximum Gasteiger partial charge on any atom is 0.359 e. The van der Waals surface area contributed by atoms with Crippen LogP contribution in [-0.2, 0) is 19.3 Å². The van der Waals surface area contributed by atoms with Crippen molar-refractivity contribution in [1.82, 2.24) is 9.97 Å². The Balaban J connectivity index is 1.23. The Bertz CT molecular complexity index is 1820. The summed E-state index contributed by atoms with van der Waals surface area (Å²) >= 11 is 0. The van der Waals surface area contributed by atoms with Crippen LogP contribution in [0.1, 0.15) is 21.6 Å². The number of benzene rings is 4. The van der Waals surface area contributed by atoms with Crippen molar-refractivity contribution < 1.29 is 9.36 Å². The molecule has 0 fully saturated rings. The molecule has 1 N–H and O–H groups in total. The summed E-state index contributed by atoms with van der Waals surface area (Å²) in [7, 11) is 0. The van der Waals surface area contributed by atoms with Crippen molar-refractivity contribution in [1.29, 1.82) is 0 Å². The Hall–Kier alpha value is -5.62. The summed E-state index contributed by atoms with van der Waals surface area (Å²) in [6, 6.07) is 42.9. The quantitative estimate of drug-likeness (QED) is 0.183. The number of para-hydroxylation sites is 2. The Morgan fingerprint density at radius 1 is 0.659 bits per heavy atom. The molecule has 6 aromatic rings. The summed E-state index contributed by atoms with van der Waals surface area (Å²) in [6.07, 6.45) is 7.61. The number of hydrogen-bond donors (Lipinski definition) is 1. The molecule has 1 unspecified atom stereocenters. The van der Waals surface area contributed by atoms with E-state index < -0.39 is 0 Å². The minimum absolute atomic E-state index is 0.0358. The number of pyridine rings is 1. The van der Waals surface area contributed by atoms with Gasteiger partial charge >= 0.3 is 11.7 Å². The van der Waals surface area contributed by atoms with Crippen LogP contribution in [-0.4, -0.2) is 21.9 Å². The first-order valence-electron chi connectivity index (χ1n) is 14.9. The molecule has 6 heteroatoms. The molecule has 1 aliphatic heterocycles. The maximum absolute atomic E-state index is 13.7. The Morgan fingerprint density at radius 3 is 1.89 bits per heavy atom. The predicted octanol–water partition coefficient (Wildman–Crippen LogP) is 7.36. The van der Waals surface area contributed by atoms with Crippen molar-refractivity contribution >= 4 is 28.8 Å². The van der Waals surface area contributed by atoms with E-state index in [1.165, 1.54) is 5.56 Å². The van der Waals surface area contributed by atoms with Gasteiger partial charge in [-0.15, -0.1) is 0 Å². The van der Waals surface area contributed by atoms with Crippen molar-refractivity contribution in [3.05, 3.63) is 163 Å². The summed E-state index contributed by atoms with van der Waals surface area (Å²) in [5.41, 5.74) is 8.11. The standard InChI is InChI=1S/C38H31N5O/c44-38-35(26-29-10-4-1-5-11-29)41-37-34(21-16-28-22-24-39-25-23-28)40-36(27-42(37)38)30-17-19-33(20-18-30)43(31-12-6-2-7-13-31)32-14-8-3-9-15-32/h1-15,17-20,22-25,27,35H,16,21,26H2/p+1. The van der Waals surface area contributed by atoms with Crippen LogP contribution in [0.5, 0.6) is 0 Å². The van der Waals surface area contributed by atoms with Gasteiger partial charge in [0, 0.05) is 47.9 Å². The van der Waals surface area contributed by atoms with E-state index in [4.69, 9.17) is 4.98 Å². The van der Waals surface area contributed by atoms with Crippen LogP contribution in [0, 0.1) is 0 Å². The number of aromatic nitrogens is 3. The highest BCUT2D eigenvalue weighted by Crippen LogP contribution is 2.35. The number of fused-ring (bicyclic) bond motifs is 1. The zero-order valence-electron chi connectivity index (χ0n) is 24.3. The lowest BCUT2D eigenvalue weighted by atomic mass is 10.1. The molecule has 6 nitrogen and oxygen atoms in total. The fourth-order valence-corrected chi connectivity index (χ4v) is 5.77. The van der Waals surface area contributed by atoms with Gasteiger partial charge < -0.3 is 4.90 Å². The van der Waals surface area contributed by atoms with Gasteiger partial charge in [0.2, 0.25) is 0 Å². The minimum atomic E-state index is -0.346. The van der Waals surface area contributed by atoms with Crippen LogP contribution in [0.15, 0.2) is 146 Å². The second-order valence-electron chi connectivity index (χ2n) is 10.9. The second-order valence-corrected chi connectivity index (χ2v) is 10.9. The molecule has 7 rings (SSSR count). The molecule has 0 saturated carbocycles. The van der Waals surface area contributed by atoms with E-state index in [2.05, 4.69) is 100 Å². The van der Waals surface area contributed by atoms with Gasteiger partial charge in [0.1, 0.15) is 17.6 Å². The highest BCUT2D eigenvalue weighted by molar-refractivity contribution is 5.83. The van der Waals surface area contributed by atoms with E-state index >= 15 is 0 Å². The van der Waals surface area contributed by atoms with E-state index in [9.17, 15) is 4.79 Å². The summed E-state index contributed by atoms with van der Waals surface area (Å²) in [4.78, 5) is 25.2. The van der Waals surface area contributed by atoms with Gasteiger partial charge in [-0.25, -0.2) is 9.78 Å². The summed E-state index contributed by atoms with van der Waals surface area (Å²) in [6.45, 7) is 0. The first-order chi connectivity index (χ1) is 21.7. The van der Waals surface area contributed by atoms with Gasteiger partial charge in [0.05, 0.1) is 0 Å². The average molecular weight is 575 g/mol. The largest absolute Gasteiger partial charge is 0.359 e. The van der Waals surface area contributed by atoms with Crippen molar-refractivity contribution in [2.24, 2.45) is 0 Å². The topological polar surface area (TPSA) is 62.0 Å². The highest BCUT2D eigenvalue weighted by atomic mass is 16.2. The van der Waals surface area contributed by atoms with Crippen LogP contribution < -0.4 is 14.8 Å². The fraction of sp³-hybridized carbons (Fsp3) is 0.105. The van der Waals surface area contributed by atoms with Crippen molar-refractivity contribution in [3.8, 4) is 11.3 Å². The normalized spacial score (nSPS) is 13.7. The number of carbonyl (C=O) groups is 1. The van der Waals surface area contributed by atoms with Gasteiger partial charge in [0.15, 0.2) is 6.04 Å². The molecule has 44 heavy (non-hydrogen) atoms. The third kappa shape index (κ3) is 5.70. The molecule has 3 heterocycles. The number of hydrogen-bond acceptors (Lipinski definition) is 5. The van der Waals surface area contributed by atoms with Crippen molar-refractivity contribution in [2.75, 3.05) is 10.2 Å². The van der Waals surface area contributed by atoms with E-state index in [0.717, 1.165) is 51.8 Å². The highest BCUT2D eigenvalue weighted by Gasteiger charge is 2.41. The number of nitrogens with one attached hydrogen (secondary N) is 1. The molecule has 0 bridgehead atoms. The van der Waals surface area contributed by atoms with Crippen LogP contribution in [0.3, 0.4) is 0 Å². The van der Waals surface area contributed by atoms with Crippen LogP contribution in [0.2, 0.25) is 0 Å². The monoisotopic (exact) mass is 574 g/mol. The van der Waals surface area contributed by atoms with Gasteiger partial charge in [-0.2, -0.15) is 4.57 Å². The Labute approximate surface area is 257 Å². The summed E-state index contributed by atoms with van der Waals surface area (Å²) in [5.74, 6) is 0.818. The molecular weight excluding hydrogens is 542 g/mol. The molecule has 1 aliphatic rings. The average Bonchev–Trinajstić information content (AvgIpc) is 3.40. The third-order valence-electron chi connectivity index (χ3n) is 8.00. The van der Waals surface area contributed by atoms with Gasteiger partial charge in [0.25, 0.3) is 0 Å². The number of aryl methyl sites for hydroxylation is 2. The third-order valence-corrected chi connectivity index (χ3v) is 8.00. The van der Waals surface area contributed by atoms with Crippen molar-refractivity contribution in [2.45, 2.75) is 25.3 Å². The zero-order chi connectivity index (χ0) is 29.7. The summed E-state index contributed by atoms with van der Waals surface area (Å²) < 4.78 is 1.77. The smallest absolute Gasteiger partial charge is 0.311 e. The summed E-state index contributed by atoms with van der Waals surface area (Å²) in [5, 5.41) is 3.51. The number of nitrogens with zero attached hydrogens (tertiary/aromatic N) is 4. The lowest BCUT2D eigenvalue weighted by Gasteiger charge is -2.25. The van der Waals surface area contributed by atoms with Crippen LogP contribution >= 0.6 is 0 Å². The van der Waals surface area contributed by atoms with Crippen LogP contribution in [0.25, 0.3) is 11.3 Å². The molecule has 2 aromatic heterocycles.